The molecule has 0 spiro atoms. The highest BCUT2D eigenvalue weighted by molar-refractivity contribution is 6.16. The van der Waals surface area contributed by atoms with Gasteiger partial charge in [-0.25, -0.2) is 4.79 Å². The molecule has 0 heterocycles. The maximum atomic E-state index is 11.5. The van der Waals surface area contributed by atoms with Gasteiger partial charge in [0.25, 0.3) is 0 Å². The highest BCUT2D eigenvalue weighted by Gasteiger charge is 2.12. The summed E-state index contributed by atoms with van der Waals surface area (Å²) in [5, 5.41) is 0. The average molecular weight is 202 g/mol. The first-order chi connectivity index (χ1) is 7.20. The molecule has 0 aliphatic rings. The summed E-state index contributed by atoms with van der Waals surface area (Å²) in [5.74, 6) is -0.383. The van der Waals surface area contributed by atoms with Crippen LogP contribution in [0, 0.1) is 0 Å². The van der Waals surface area contributed by atoms with Crippen molar-refractivity contribution in [2.75, 3.05) is 6.61 Å². The predicted molar refractivity (Wildman–Crippen MR) is 62.2 cm³/mol. The minimum Gasteiger partial charge on any atom is -0.462 e. The van der Waals surface area contributed by atoms with Crippen LogP contribution in [0.1, 0.15) is 18.1 Å². The fourth-order valence-corrected chi connectivity index (χ4v) is 1.28. The summed E-state index contributed by atoms with van der Waals surface area (Å²) >= 11 is 0. The Morgan fingerprint density at radius 1 is 1.47 bits per heavy atom. The highest BCUT2D eigenvalue weighted by atomic mass is 16.5. The lowest BCUT2D eigenvalue weighted by molar-refractivity contribution is -0.136. The van der Waals surface area contributed by atoms with Gasteiger partial charge >= 0.3 is 5.97 Å². The molecule has 0 saturated carbocycles. The van der Waals surface area contributed by atoms with Crippen LogP contribution in [0.4, 0.5) is 0 Å². The summed E-state index contributed by atoms with van der Waals surface area (Å²) in [6, 6.07) is 7.45. The Balaban J connectivity index is 3.00. The summed E-state index contributed by atoms with van der Waals surface area (Å²) in [6.07, 6.45) is 1.69. The molecule has 15 heavy (non-hydrogen) atoms. The van der Waals surface area contributed by atoms with E-state index >= 15 is 0 Å². The SMILES string of the molecule is C=Cc1ccccc1C(=C)C(=O)OCC. The molecule has 0 aromatic heterocycles. The predicted octanol–water partition coefficient (Wildman–Crippen LogP) is 2.91. The molecule has 0 aliphatic heterocycles. The smallest absolute Gasteiger partial charge is 0.338 e. The van der Waals surface area contributed by atoms with Crippen LogP contribution >= 0.6 is 0 Å². The monoisotopic (exact) mass is 202 g/mol. The van der Waals surface area contributed by atoms with Crippen molar-refractivity contribution in [2.24, 2.45) is 0 Å². The molecule has 1 aromatic carbocycles. The van der Waals surface area contributed by atoms with Gasteiger partial charge in [0.05, 0.1) is 12.2 Å². The molecule has 0 bridgehead atoms. The minimum atomic E-state index is -0.383. The zero-order valence-electron chi connectivity index (χ0n) is 8.82. The molecule has 1 rings (SSSR count). The Morgan fingerprint density at radius 3 is 2.73 bits per heavy atom. The van der Waals surface area contributed by atoms with Crippen molar-refractivity contribution in [1.82, 2.24) is 0 Å². The van der Waals surface area contributed by atoms with E-state index in [1.54, 1.807) is 13.0 Å². The van der Waals surface area contributed by atoms with Crippen LogP contribution in [0.25, 0.3) is 11.6 Å². The van der Waals surface area contributed by atoms with E-state index in [2.05, 4.69) is 13.2 Å². The third kappa shape index (κ3) is 2.56. The molecule has 0 aliphatic carbocycles. The molecular formula is C13H14O2. The van der Waals surface area contributed by atoms with E-state index < -0.39 is 0 Å². The van der Waals surface area contributed by atoms with E-state index in [-0.39, 0.29) is 5.97 Å². The number of benzene rings is 1. The average Bonchev–Trinajstić information content (AvgIpc) is 2.28. The second-order valence-corrected chi connectivity index (χ2v) is 2.99. The Kier molecular flexibility index (Phi) is 3.86. The van der Waals surface area contributed by atoms with Gasteiger partial charge < -0.3 is 4.74 Å². The van der Waals surface area contributed by atoms with Crippen molar-refractivity contribution in [1.29, 1.82) is 0 Å². The van der Waals surface area contributed by atoms with Crippen molar-refractivity contribution in [3.05, 3.63) is 48.6 Å². The zero-order valence-corrected chi connectivity index (χ0v) is 8.82. The zero-order chi connectivity index (χ0) is 11.3. The maximum Gasteiger partial charge on any atom is 0.338 e. The van der Waals surface area contributed by atoms with Gasteiger partial charge in [-0.1, -0.05) is 43.5 Å². The van der Waals surface area contributed by atoms with Crippen LogP contribution < -0.4 is 0 Å². The summed E-state index contributed by atoms with van der Waals surface area (Å²) in [5.41, 5.74) is 2.02. The van der Waals surface area contributed by atoms with Gasteiger partial charge in [0.2, 0.25) is 0 Å². The number of esters is 1. The van der Waals surface area contributed by atoms with Gasteiger partial charge in [0, 0.05) is 0 Å². The van der Waals surface area contributed by atoms with Crippen molar-refractivity contribution in [3.8, 4) is 0 Å². The fraction of sp³-hybridized carbons (Fsp3) is 0.154. The molecule has 0 amide bonds. The molecule has 0 saturated heterocycles. The fourth-order valence-electron chi connectivity index (χ4n) is 1.28. The molecule has 0 atom stereocenters. The molecule has 2 heteroatoms. The molecule has 0 fully saturated rings. The van der Waals surface area contributed by atoms with Gasteiger partial charge in [0.15, 0.2) is 0 Å². The second kappa shape index (κ2) is 5.15. The normalized spacial score (nSPS) is 9.40. The van der Waals surface area contributed by atoms with Crippen LogP contribution in [0.5, 0.6) is 0 Å². The summed E-state index contributed by atoms with van der Waals surface area (Å²) in [6.45, 7) is 9.54. The Labute approximate surface area is 89.9 Å². The van der Waals surface area contributed by atoms with Gasteiger partial charge in [-0.2, -0.15) is 0 Å². The molecule has 0 unspecified atom stereocenters. The maximum absolute atomic E-state index is 11.5. The first-order valence-electron chi connectivity index (χ1n) is 4.78. The Morgan fingerprint density at radius 2 is 2.13 bits per heavy atom. The number of ether oxygens (including phenoxy) is 1. The molecule has 2 nitrogen and oxygen atoms in total. The van der Waals surface area contributed by atoms with Crippen LogP contribution in [0.3, 0.4) is 0 Å². The second-order valence-electron chi connectivity index (χ2n) is 2.99. The van der Waals surface area contributed by atoms with E-state index in [1.807, 2.05) is 24.3 Å². The molecule has 0 N–H and O–H groups in total. The first kappa shape index (κ1) is 11.2. The number of hydrogen-bond acceptors (Lipinski definition) is 2. The Bertz CT molecular complexity index is 391. The minimum absolute atomic E-state index is 0.355. The summed E-state index contributed by atoms with van der Waals surface area (Å²) < 4.78 is 4.88. The van der Waals surface area contributed by atoms with Crippen molar-refractivity contribution in [2.45, 2.75) is 6.92 Å². The van der Waals surface area contributed by atoms with E-state index in [1.165, 1.54) is 0 Å². The van der Waals surface area contributed by atoms with E-state index in [4.69, 9.17) is 4.74 Å². The van der Waals surface area contributed by atoms with Crippen LogP contribution in [-0.4, -0.2) is 12.6 Å². The quantitative estimate of drug-likeness (QED) is 0.554. The molecule has 1 aromatic rings. The first-order valence-corrected chi connectivity index (χ1v) is 4.78. The Hall–Kier alpha value is -1.83. The van der Waals surface area contributed by atoms with Crippen LogP contribution in [-0.2, 0) is 9.53 Å². The lowest BCUT2D eigenvalue weighted by Gasteiger charge is -2.08. The van der Waals surface area contributed by atoms with Crippen LogP contribution in [0.2, 0.25) is 0 Å². The topological polar surface area (TPSA) is 26.3 Å². The van der Waals surface area contributed by atoms with Crippen molar-refractivity contribution < 1.29 is 9.53 Å². The molecule has 78 valence electrons. The van der Waals surface area contributed by atoms with Crippen LogP contribution in [0.15, 0.2) is 37.4 Å². The van der Waals surface area contributed by atoms with Gasteiger partial charge in [-0.05, 0) is 18.1 Å². The highest BCUT2D eigenvalue weighted by Crippen LogP contribution is 2.19. The lowest BCUT2D eigenvalue weighted by Crippen LogP contribution is -2.06. The van der Waals surface area contributed by atoms with E-state index in [9.17, 15) is 4.79 Å². The standard InChI is InChI=1S/C13H14O2/c1-4-11-8-6-7-9-12(11)10(3)13(14)15-5-2/h4,6-9H,1,3,5H2,2H3. The van der Waals surface area contributed by atoms with Gasteiger partial charge in [-0.15, -0.1) is 0 Å². The van der Waals surface area contributed by atoms with Crippen molar-refractivity contribution >= 4 is 17.6 Å². The van der Waals surface area contributed by atoms with Gasteiger partial charge in [-0.3, -0.25) is 0 Å². The van der Waals surface area contributed by atoms with E-state index in [0.717, 1.165) is 11.1 Å². The van der Waals surface area contributed by atoms with Gasteiger partial charge in [0.1, 0.15) is 0 Å². The number of carbonyl (C=O) groups is 1. The lowest BCUT2D eigenvalue weighted by atomic mass is 10.0. The number of rotatable bonds is 4. The van der Waals surface area contributed by atoms with E-state index in [0.29, 0.717) is 12.2 Å². The summed E-state index contributed by atoms with van der Waals surface area (Å²) in [4.78, 5) is 11.5. The number of hydrogen-bond donors (Lipinski definition) is 0. The third-order valence-electron chi connectivity index (χ3n) is 2.03. The molecule has 0 radical (unpaired) electrons. The molecular weight excluding hydrogens is 188 g/mol. The third-order valence-corrected chi connectivity index (χ3v) is 2.03. The number of carbonyl (C=O) groups excluding carboxylic acids is 1. The summed E-state index contributed by atoms with van der Waals surface area (Å²) in [7, 11) is 0. The largest absolute Gasteiger partial charge is 0.462 e. The van der Waals surface area contributed by atoms with Crippen molar-refractivity contribution in [3.63, 3.8) is 0 Å².